The first-order chi connectivity index (χ1) is 17.4. The molecule has 0 saturated carbocycles. The molecule has 3 N–H and O–H groups in total. The van der Waals surface area contributed by atoms with E-state index >= 15 is 0 Å². The first-order valence-corrected chi connectivity index (χ1v) is 12.9. The molecule has 0 bridgehead atoms. The molecule has 0 atom stereocenters. The van der Waals surface area contributed by atoms with Crippen LogP contribution in [0.4, 0.5) is 5.69 Å². The molecule has 0 saturated heterocycles. The number of rotatable bonds is 2. The first-order valence-electron chi connectivity index (χ1n) is 12.9. The van der Waals surface area contributed by atoms with E-state index in [1.165, 1.54) is 55.4 Å². The highest BCUT2D eigenvalue weighted by atomic mass is 16.1. The van der Waals surface area contributed by atoms with E-state index in [9.17, 15) is 4.79 Å². The number of nitrogens with one attached hydrogen (secondary N) is 1. The number of carbonyl (C=O) groups is 1. The summed E-state index contributed by atoms with van der Waals surface area (Å²) in [6.45, 7) is 13.1. The summed E-state index contributed by atoms with van der Waals surface area (Å²) in [6.07, 6.45) is 5.39. The van der Waals surface area contributed by atoms with Crippen LogP contribution >= 0.6 is 0 Å². The summed E-state index contributed by atoms with van der Waals surface area (Å²) < 4.78 is 0. The molecule has 1 aliphatic carbocycles. The minimum atomic E-state index is -0.413. The normalized spacial score (nSPS) is 18.2. The molecule has 2 heterocycles. The summed E-state index contributed by atoms with van der Waals surface area (Å²) in [5.74, 6) is -0.413. The van der Waals surface area contributed by atoms with Gasteiger partial charge in [0.25, 0.3) is 0 Å². The molecular formula is C33H33N3O. The first kappa shape index (κ1) is 23.5. The lowest BCUT2D eigenvalue weighted by atomic mass is 9.79. The minimum Gasteiger partial charge on any atom is -0.376 e. The molecule has 0 spiro atoms. The second kappa shape index (κ2) is 7.79. The van der Waals surface area contributed by atoms with Crippen molar-refractivity contribution >= 4 is 28.3 Å². The number of amides is 1. The fourth-order valence-corrected chi connectivity index (χ4v) is 6.29. The highest BCUT2D eigenvalue weighted by Crippen LogP contribution is 2.40. The molecule has 186 valence electrons. The Kier molecular flexibility index (Phi) is 4.94. The standard InChI is InChI=1S/C33H33N3O/c1-18-16-32(3,4)35-28-12-22-11-23-13-29-25(19(2)17-33(5,6)36-29)15-27(23)30(26(22)14-24(18)28)20-7-9-21(10-8-20)31(34)37/h7-10,12-17,35H,11H2,1-6H3,(H2,34,37). The zero-order valence-corrected chi connectivity index (χ0v) is 22.4. The maximum absolute atomic E-state index is 11.8. The monoisotopic (exact) mass is 487 g/mol. The fourth-order valence-electron chi connectivity index (χ4n) is 6.29. The van der Waals surface area contributed by atoms with Crippen LogP contribution in [0.25, 0.3) is 16.7 Å². The zero-order chi connectivity index (χ0) is 26.3. The summed E-state index contributed by atoms with van der Waals surface area (Å²) in [5.41, 5.74) is 18.0. The van der Waals surface area contributed by atoms with Gasteiger partial charge in [0.15, 0.2) is 0 Å². The lowest BCUT2D eigenvalue weighted by molar-refractivity contribution is 0.100. The van der Waals surface area contributed by atoms with Gasteiger partial charge >= 0.3 is 0 Å². The van der Waals surface area contributed by atoms with Crippen LogP contribution in [0.15, 0.2) is 65.7 Å². The van der Waals surface area contributed by atoms with Crippen molar-refractivity contribution in [3.8, 4) is 0 Å². The molecule has 3 aromatic carbocycles. The Morgan fingerprint density at radius 1 is 0.865 bits per heavy atom. The number of carbonyl (C=O) groups excluding carboxylic acids is 1. The van der Waals surface area contributed by atoms with Crippen LogP contribution in [0.3, 0.4) is 0 Å². The van der Waals surface area contributed by atoms with Gasteiger partial charge < -0.3 is 11.1 Å². The van der Waals surface area contributed by atoms with Gasteiger partial charge in [-0.1, -0.05) is 24.3 Å². The quantitative estimate of drug-likeness (QED) is 0.400. The van der Waals surface area contributed by atoms with Crippen molar-refractivity contribution in [1.82, 2.24) is 0 Å². The summed E-state index contributed by atoms with van der Waals surface area (Å²) >= 11 is 0. The maximum Gasteiger partial charge on any atom is 0.248 e. The largest absolute Gasteiger partial charge is 0.376 e. The minimum absolute atomic E-state index is 0.0948. The Balaban J connectivity index is 1.68. The second-order valence-corrected chi connectivity index (χ2v) is 11.8. The van der Waals surface area contributed by atoms with Crippen molar-refractivity contribution in [2.45, 2.75) is 59.0 Å². The lowest BCUT2D eigenvalue weighted by Crippen LogP contribution is -2.33. The van der Waals surface area contributed by atoms with Gasteiger partial charge in [-0.15, -0.1) is 0 Å². The molecule has 1 amide bonds. The van der Waals surface area contributed by atoms with Crippen molar-refractivity contribution in [1.29, 1.82) is 0 Å². The molecule has 0 unspecified atom stereocenters. The Labute approximate surface area is 218 Å². The van der Waals surface area contributed by atoms with Crippen LogP contribution in [0.5, 0.6) is 0 Å². The number of nitrogens with zero attached hydrogens (tertiary/aromatic N) is 1. The van der Waals surface area contributed by atoms with Crippen molar-refractivity contribution < 1.29 is 4.79 Å². The van der Waals surface area contributed by atoms with E-state index in [1.807, 2.05) is 24.3 Å². The van der Waals surface area contributed by atoms with E-state index in [2.05, 4.69) is 83.3 Å². The highest BCUT2D eigenvalue weighted by molar-refractivity contribution is 5.94. The van der Waals surface area contributed by atoms with Crippen LogP contribution < -0.4 is 21.6 Å². The number of hydrogen-bond acceptors (Lipinski definition) is 3. The predicted molar refractivity (Wildman–Crippen MR) is 152 cm³/mol. The van der Waals surface area contributed by atoms with Crippen LogP contribution in [-0.2, 0) is 6.42 Å². The fraction of sp³-hybridized carbons (Fsp3) is 0.273. The van der Waals surface area contributed by atoms with E-state index < -0.39 is 5.91 Å². The Morgan fingerprint density at radius 3 is 2.27 bits per heavy atom. The SMILES string of the molecule is CC1=CC(C)(C)Nc2cc3c(cc21)C(c1ccc(C(N)=O)cc1)=c1cc2c(cc1C3)=NC(C)(C)C=C2C. The smallest absolute Gasteiger partial charge is 0.248 e. The predicted octanol–water partition coefficient (Wildman–Crippen LogP) is 5.36. The van der Waals surface area contributed by atoms with Gasteiger partial charge in [-0.25, -0.2) is 0 Å². The number of allylic oxidation sites excluding steroid dienone is 2. The molecule has 2 aliphatic heterocycles. The number of fused-ring (bicyclic) bond motifs is 4. The summed E-state index contributed by atoms with van der Waals surface area (Å²) in [6, 6.07) is 17.0. The number of anilines is 1. The molecule has 0 fully saturated rings. The van der Waals surface area contributed by atoms with Crippen LogP contribution in [0, 0.1) is 0 Å². The molecule has 6 rings (SSSR count). The average molecular weight is 488 g/mol. The highest BCUT2D eigenvalue weighted by Gasteiger charge is 2.28. The molecule has 3 aromatic rings. The molecule has 4 nitrogen and oxygen atoms in total. The van der Waals surface area contributed by atoms with E-state index in [0.717, 1.165) is 17.3 Å². The van der Waals surface area contributed by atoms with Crippen LogP contribution in [0.1, 0.15) is 85.3 Å². The van der Waals surface area contributed by atoms with Gasteiger partial charge in [0.2, 0.25) is 5.91 Å². The molecule has 0 aromatic heterocycles. The van der Waals surface area contributed by atoms with E-state index in [1.54, 1.807) is 0 Å². The van der Waals surface area contributed by atoms with Gasteiger partial charge in [-0.3, -0.25) is 9.79 Å². The van der Waals surface area contributed by atoms with E-state index in [-0.39, 0.29) is 11.1 Å². The third-order valence-electron chi connectivity index (χ3n) is 7.70. The Hall–Kier alpha value is -3.92. The summed E-state index contributed by atoms with van der Waals surface area (Å²) in [5, 5.41) is 6.01. The third kappa shape index (κ3) is 3.92. The topological polar surface area (TPSA) is 67.5 Å². The van der Waals surface area contributed by atoms with Gasteiger partial charge in [0, 0.05) is 22.4 Å². The zero-order valence-electron chi connectivity index (χ0n) is 22.4. The van der Waals surface area contributed by atoms with E-state index in [0.29, 0.717) is 5.56 Å². The maximum atomic E-state index is 11.8. The van der Waals surface area contributed by atoms with Crippen molar-refractivity contribution in [3.63, 3.8) is 0 Å². The van der Waals surface area contributed by atoms with Crippen molar-refractivity contribution in [2.75, 3.05) is 5.32 Å². The van der Waals surface area contributed by atoms with Gasteiger partial charge in [-0.2, -0.15) is 0 Å². The van der Waals surface area contributed by atoms with Gasteiger partial charge in [-0.05, 0) is 129 Å². The van der Waals surface area contributed by atoms with Crippen LogP contribution in [-0.4, -0.2) is 17.0 Å². The van der Waals surface area contributed by atoms with E-state index in [4.69, 9.17) is 10.7 Å². The summed E-state index contributed by atoms with van der Waals surface area (Å²) in [4.78, 5) is 16.8. The Morgan fingerprint density at radius 2 is 1.57 bits per heavy atom. The molecular weight excluding hydrogens is 454 g/mol. The van der Waals surface area contributed by atoms with Crippen LogP contribution in [0.2, 0.25) is 0 Å². The second-order valence-electron chi connectivity index (χ2n) is 11.8. The van der Waals surface area contributed by atoms with Crippen molar-refractivity contribution in [2.24, 2.45) is 10.7 Å². The molecule has 3 aliphatic rings. The molecule has 37 heavy (non-hydrogen) atoms. The Bertz CT molecular complexity index is 1700. The third-order valence-corrected chi connectivity index (χ3v) is 7.70. The lowest BCUT2D eigenvalue weighted by Gasteiger charge is -2.33. The molecule has 4 heteroatoms. The summed E-state index contributed by atoms with van der Waals surface area (Å²) in [7, 11) is 0. The van der Waals surface area contributed by atoms with Gasteiger partial charge in [0.1, 0.15) is 0 Å². The molecule has 0 radical (unpaired) electrons. The van der Waals surface area contributed by atoms with Gasteiger partial charge in [0.05, 0.1) is 16.4 Å². The van der Waals surface area contributed by atoms with Crippen molar-refractivity contribution in [3.05, 3.63) is 110 Å². The average Bonchev–Trinajstić information content (AvgIpc) is 2.79. The number of primary amides is 1. The number of hydrogen-bond donors (Lipinski definition) is 2. The number of benzene rings is 3. The number of nitrogens with two attached hydrogens (primary N) is 1.